The van der Waals surface area contributed by atoms with Gasteiger partial charge in [0.05, 0.1) is 25.4 Å². The molecule has 2 unspecified atom stereocenters. The van der Waals surface area contributed by atoms with Crippen molar-refractivity contribution in [1.82, 2.24) is 5.32 Å². The van der Waals surface area contributed by atoms with Crippen LogP contribution in [-0.4, -0.2) is 47.4 Å². The zero-order valence-corrected chi connectivity index (χ0v) is 45.9. The predicted octanol–water partition coefficient (Wildman–Crippen LogP) is 19.0. The molecule has 0 fully saturated rings. The summed E-state index contributed by atoms with van der Waals surface area (Å²) in [5, 5.41) is 23.2. The third-order valence-electron chi connectivity index (χ3n) is 14.2. The maximum atomic E-state index is 12.5. The van der Waals surface area contributed by atoms with E-state index in [1.165, 1.54) is 263 Å². The average Bonchev–Trinajstić information content (AvgIpc) is 3.34. The number of nitrogens with one attached hydrogen (secondary N) is 1. The molecule has 0 aliphatic rings. The highest BCUT2D eigenvalue weighted by Crippen LogP contribution is 2.18. The third-order valence-corrected chi connectivity index (χ3v) is 14.2. The minimum atomic E-state index is -0.849. The Hall–Kier alpha value is -1.66. The Labute approximate surface area is 424 Å². The number of hydrogen-bond donors (Lipinski definition) is 3. The van der Waals surface area contributed by atoms with E-state index in [2.05, 4.69) is 31.3 Å². The van der Waals surface area contributed by atoms with Gasteiger partial charge >= 0.3 is 5.97 Å². The Balaban J connectivity index is 3.46. The van der Waals surface area contributed by atoms with Crippen LogP contribution in [0, 0.1) is 0 Å². The molecule has 6 nitrogen and oxygen atoms in total. The highest BCUT2D eigenvalue weighted by atomic mass is 16.5. The molecular weight excluding hydrogens is 839 g/mol. The van der Waals surface area contributed by atoms with Crippen LogP contribution in [0.25, 0.3) is 0 Å². The minimum absolute atomic E-state index is 0.00515. The predicted molar refractivity (Wildman–Crippen MR) is 296 cm³/mol. The largest absolute Gasteiger partial charge is 0.466 e. The maximum Gasteiger partial charge on any atom is 0.305 e. The lowest BCUT2D eigenvalue weighted by Gasteiger charge is -2.20. The van der Waals surface area contributed by atoms with Crippen molar-refractivity contribution in [2.24, 2.45) is 0 Å². The molecule has 0 rings (SSSR count). The number of carbonyl (C=O) groups is 2. The molecule has 0 saturated heterocycles. The lowest BCUT2D eigenvalue weighted by molar-refractivity contribution is -0.143. The zero-order chi connectivity index (χ0) is 49.3. The molecule has 0 radical (unpaired) electrons. The normalized spacial score (nSPS) is 12.7. The molecule has 68 heavy (non-hydrogen) atoms. The number of carbonyl (C=O) groups excluding carboxylic acids is 2. The van der Waals surface area contributed by atoms with E-state index in [0.717, 1.165) is 44.9 Å². The lowest BCUT2D eigenvalue weighted by Crippen LogP contribution is -2.45. The van der Waals surface area contributed by atoms with E-state index in [1.54, 1.807) is 6.08 Å². The van der Waals surface area contributed by atoms with Crippen LogP contribution in [0.1, 0.15) is 335 Å². The number of rotatable bonds is 57. The van der Waals surface area contributed by atoms with Crippen molar-refractivity contribution in [2.45, 2.75) is 347 Å². The van der Waals surface area contributed by atoms with Crippen molar-refractivity contribution in [3.05, 3.63) is 24.3 Å². The van der Waals surface area contributed by atoms with Crippen LogP contribution in [0.2, 0.25) is 0 Å². The van der Waals surface area contributed by atoms with Gasteiger partial charge in [-0.3, -0.25) is 9.59 Å². The van der Waals surface area contributed by atoms with Crippen molar-refractivity contribution in [1.29, 1.82) is 0 Å². The lowest BCUT2D eigenvalue weighted by atomic mass is 10.0. The van der Waals surface area contributed by atoms with Gasteiger partial charge in [0.25, 0.3) is 0 Å². The van der Waals surface area contributed by atoms with Gasteiger partial charge in [0.2, 0.25) is 5.91 Å². The molecule has 0 aromatic carbocycles. The summed E-state index contributed by atoms with van der Waals surface area (Å²) >= 11 is 0. The van der Waals surface area contributed by atoms with Gasteiger partial charge < -0.3 is 20.3 Å². The SMILES string of the molecule is CCCCC/C=C\CCCCCCCC(=O)OCCCCCCCCCCCCCCCCCCCC(=O)NC(CO)C(O)/C=C/CCCCCCCCCCCCCCCCCCCCCC. The smallest absolute Gasteiger partial charge is 0.305 e. The average molecular weight is 959 g/mol. The second-order valence-electron chi connectivity index (χ2n) is 21.0. The number of aliphatic hydroxyl groups is 2. The Morgan fingerprint density at radius 1 is 0.397 bits per heavy atom. The van der Waals surface area contributed by atoms with Gasteiger partial charge in [0.15, 0.2) is 0 Å². The number of unbranched alkanes of at least 4 members (excludes halogenated alkanes) is 44. The quantitative estimate of drug-likeness (QED) is 0.0321. The summed E-state index contributed by atoms with van der Waals surface area (Å²) < 4.78 is 5.46. The van der Waals surface area contributed by atoms with Crippen LogP contribution in [-0.2, 0) is 14.3 Å². The first kappa shape index (κ1) is 66.3. The molecule has 0 aliphatic heterocycles. The standard InChI is InChI=1S/C62H119NO5/c1-3-5-7-9-11-13-15-17-18-19-20-21-22-23-25-28-31-34-38-42-46-50-54-60(65)59(58-64)63-61(66)55-51-47-43-39-35-32-29-26-24-27-30-33-37-41-45-49-53-57-68-62(67)56-52-48-44-40-36-16-14-12-10-8-6-4-2/h12,14,50,54,59-60,64-65H,3-11,13,15-49,51-53,55-58H2,1-2H3,(H,63,66)/b14-12-,54-50+. The summed E-state index contributed by atoms with van der Waals surface area (Å²) in [5.74, 6) is -0.0755. The van der Waals surface area contributed by atoms with Gasteiger partial charge in [-0.05, 0) is 57.8 Å². The molecule has 1 amide bonds. The van der Waals surface area contributed by atoms with Crippen molar-refractivity contribution in [3.8, 4) is 0 Å². The molecule has 2 atom stereocenters. The van der Waals surface area contributed by atoms with E-state index in [0.29, 0.717) is 19.4 Å². The van der Waals surface area contributed by atoms with Crippen LogP contribution < -0.4 is 5.32 Å². The highest BCUT2D eigenvalue weighted by molar-refractivity contribution is 5.76. The van der Waals surface area contributed by atoms with E-state index in [1.807, 2.05) is 6.08 Å². The number of esters is 1. The number of hydrogen-bond acceptors (Lipinski definition) is 5. The first-order chi connectivity index (χ1) is 33.5. The van der Waals surface area contributed by atoms with Crippen molar-refractivity contribution in [2.75, 3.05) is 13.2 Å². The van der Waals surface area contributed by atoms with E-state index in [4.69, 9.17) is 4.74 Å². The van der Waals surface area contributed by atoms with Gasteiger partial charge in [-0.15, -0.1) is 0 Å². The molecule has 0 heterocycles. The van der Waals surface area contributed by atoms with Crippen LogP contribution in [0.3, 0.4) is 0 Å². The van der Waals surface area contributed by atoms with Crippen LogP contribution in [0.4, 0.5) is 0 Å². The summed E-state index contributed by atoms with van der Waals surface area (Å²) in [6, 6.07) is -0.633. The fourth-order valence-electron chi connectivity index (χ4n) is 9.51. The van der Waals surface area contributed by atoms with Gasteiger partial charge in [0.1, 0.15) is 0 Å². The van der Waals surface area contributed by atoms with Crippen LogP contribution in [0.5, 0.6) is 0 Å². The van der Waals surface area contributed by atoms with E-state index in [9.17, 15) is 19.8 Å². The summed E-state index contributed by atoms with van der Waals surface area (Å²) in [7, 11) is 0. The first-order valence-corrected chi connectivity index (χ1v) is 30.6. The summed E-state index contributed by atoms with van der Waals surface area (Å²) in [4.78, 5) is 24.5. The highest BCUT2D eigenvalue weighted by Gasteiger charge is 2.18. The Morgan fingerprint density at radius 2 is 0.691 bits per heavy atom. The summed E-state index contributed by atoms with van der Waals surface area (Å²) in [6.45, 7) is 4.89. The zero-order valence-electron chi connectivity index (χ0n) is 45.9. The van der Waals surface area contributed by atoms with Crippen molar-refractivity contribution in [3.63, 3.8) is 0 Å². The Morgan fingerprint density at radius 3 is 1.07 bits per heavy atom. The molecule has 0 aliphatic carbocycles. The summed E-state index contributed by atoms with van der Waals surface area (Å²) in [6.07, 6.45) is 70.6. The molecule has 3 N–H and O–H groups in total. The third kappa shape index (κ3) is 53.7. The Kier molecular flexibility index (Phi) is 56.5. The Bertz CT molecular complexity index is 1060. The second-order valence-corrected chi connectivity index (χ2v) is 21.0. The van der Waals surface area contributed by atoms with E-state index < -0.39 is 12.1 Å². The number of allylic oxidation sites excluding steroid dienone is 3. The first-order valence-electron chi connectivity index (χ1n) is 30.6. The molecule has 0 aromatic heterocycles. The monoisotopic (exact) mass is 958 g/mol. The number of amides is 1. The molecule has 6 heteroatoms. The van der Waals surface area contributed by atoms with Gasteiger partial charge in [0, 0.05) is 12.8 Å². The fourth-order valence-corrected chi connectivity index (χ4v) is 9.51. The molecule has 0 bridgehead atoms. The molecular formula is C62H119NO5. The van der Waals surface area contributed by atoms with E-state index in [-0.39, 0.29) is 18.5 Å². The molecule has 0 saturated carbocycles. The van der Waals surface area contributed by atoms with Gasteiger partial charge in [-0.25, -0.2) is 0 Å². The van der Waals surface area contributed by atoms with Crippen LogP contribution >= 0.6 is 0 Å². The van der Waals surface area contributed by atoms with Crippen molar-refractivity contribution >= 4 is 11.9 Å². The van der Waals surface area contributed by atoms with Gasteiger partial charge in [-0.2, -0.15) is 0 Å². The topological polar surface area (TPSA) is 95.9 Å². The minimum Gasteiger partial charge on any atom is -0.466 e. The molecule has 0 spiro atoms. The van der Waals surface area contributed by atoms with Gasteiger partial charge in [-0.1, -0.05) is 289 Å². The van der Waals surface area contributed by atoms with Crippen LogP contribution in [0.15, 0.2) is 24.3 Å². The molecule has 0 aromatic rings. The molecule has 402 valence electrons. The van der Waals surface area contributed by atoms with Crippen molar-refractivity contribution < 1.29 is 24.5 Å². The number of ether oxygens (including phenoxy) is 1. The fraction of sp³-hybridized carbons (Fsp3) is 0.903. The van der Waals surface area contributed by atoms with E-state index >= 15 is 0 Å². The summed E-state index contributed by atoms with van der Waals surface area (Å²) in [5.41, 5.74) is 0. The maximum absolute atomic E-state index is 12.5. The number of aliphatic hydroxyl groups excluding tert-OH is 2. The second kappa shape index (κ2) is 57.9.